The first-order valence-corrected chi connectivity index (χ1v) is 6.10. The Hall–Kier alpha value is -2.16. The van der Waals surface area contributed by atoms with Crippen molar-refractivity contribution in [1.82, 2.24) is 5.32 Å². The molecular weight excluding hydrogens is 286 g/mol. The van der Waals surface area contributed by atoms with Crippen molar-refractivity contribution in [2.24, 2.45) is 0 Å². The van der Waals surface area contributed by atoms with Crippen molar-refractivity contribution >= 4 is 24.9 Å². The molecule has 0 aliphatic rings. The van der Waals surface area contributed by atoms with Crippen molar-refractivity contribution in [3.05, 3.63) is 0 Å². The molecule has 0 fully saturated rings. The van der Waals surface area contributed by atoms with Crippen molar-refractivity contribution < 1.29 is 38.1 Å². The molecule has 9 heteroatoms. The maximum absolute atomic E-state index is 11.6. The number of methoxy groups -OCH3 is 2. The molecule has 120 valence electrons. The monoisotopic (exact) mass is 305 g/mol. The zero-order chi connectivity index (χ0) is 16.1. The molecule has 0 saturated carbocycles. The molecule has 0 radical (unpaired) electrons. The molecule has 9 nitrogen and oxygen atoms in total. The van der Waals surface area contributed by atoms with Crippen molar-refractivity contribution in [3.63, 3.8) is 0 Å². The van der Waals surface area contributed by atoms with E-state index < -0.39 is 24.0 Å². The van der Waals surface area contributed by atoms with E-state index >= 15 is 0 Å². The zero-order valence-corrected chi connectivity index (χ0v) is 11.9. The standard InChI is InChI=1S/C12H19NO8/c1-18-11(16)5-10(12(17)19-2)13-9(6-21-8-15)3-4-20-7-14/h7-10,13H,3-6H2,1-2H3. The topological polar surface area (TPSA) is 117 Å². The average molecular weight is 305 g/mol. The molecule has 0 heterocycles. The highest BCUT2D eigenvalue weighted by molar-refractivity contribution is 5.82. The second kappa shape index (κ2) is 11.6. The second-order valence-electron chi connectivity index (χ2n) is 3.90. The number of carbonyl (C=O) groups excluding carboxylic acids is 4. The summed E-state index contributed by atoms with van der Waals surface area (Å²) in [6, 6.07) is -1.46. The fourth-order valence-corrected chi connectivity index (χ4v) is 1.52. The third-order valence-corrected chi connectivity index (χ3v) is 2.54. The van der Waals surface area contributed by atoms with E-state index in [-0.39, 0.29) is 39.0 Å². The van der Waals surface area contributed by atoms with Gasteiger partial charge in [0, 0.05) is 12.5 Å². The summed E-state index contributed by atoms with van der Waals surface area (Å²) in [6.07, 6.45) is 0.0382. The minimum atomic E-state index is -0.959. The van der Waals surface area contributed by atoms with Gasteiger partial charge in [0.25, 0.3) is 12.9 Å². The Kier molecular flexibility index (Phi) is 10.5. The quantitative estimate of drug-likeness (QED) is 0.205. The Morgan fingerprint density at radius 1 is 1.10 bits per heavy atom. The number of ether oxygens (including phenoxy) is 4. The van der Waals surface area contributed by atoms with Gasteiger partial charge in [-0.05, 0) is 0 Å². The fraction of sp³-hybridized carbons (Fsp3) is 0.667. The first-order valence-electron chi connectivity index (χ1n) is 6.10. The highest BCUT2D eigenvalue weighted by atomic mass is 16.5. The first-order chi connectivity index (χ1) is 10.1. The third kappa shape index (κ3) is 8.58. The van der Waals surface area contributed by atoms with Gasteiger partial charge in [0.15, 0.2) is 0 Å². The highest BCUT2D eigenvalue weighted by Gasteiger charge is 2.26. The van der Waals surface area contributed by atoms with E-state index in [4.69, 9.17) is 0 Å². The maximum atomic E-state index is 11.6. The summed E-state index contributed by atoms with van der Waals surface area (Å²) < 4.78 is 18.2. The van der Waals surface area contributed by atoms with Crippen LogP contribution in [0.15, 0.2) is 0 Å². The fourth-order valence-electron chi connectivity index (χ4n) is 1.52. The largest absolute Gasteiger partial charge is 0.469 e. The average Bonchev–Trinajstić information content (AvgIpc) is 2.50. The van der Waals surface area contributed by atoms with E-state index in [9.17, 15) is 19.2 Å². The number of carbonyl (C=O) groups is 4. The summed E-state index contributed by atoms with van der Waals surface area (Å²) in [5.41, 5.74) is 0. The smallest absolute Gasteiger partial charge is 0.323 e. The van der Waals surface area contributed by atoms with Gasteiger partial charge in [-0.3, -0.25) is 24.5 Å². The first kappa shape index (κ1) is 18.8. The van der Waals surface area contributed by atoms with Gasteiger partial charge < -0.3 is 18.9 Å². The van der Waals surface area contributed by atoms with E-state index in [0.717, 1.165) is 0 Å². The van der Waals surface area contributed by atoms with Crippen LogP contribution in [0.3, 0.4) is 0 Å². The van der Waals surface area contributed by atoms with Crippen molar-refractivity contribution in [1.29, 1.82) is 0 Å². The molecule has 0 rings (SSSR count). The van der Waals surface area contributed by atoms with Gasteiger partial charge in [-0.25, -0.2) is 0 Å². The van der Waals surface area contributed by atoms with Crippen LogP contribution in [0.1, 0.15) is 12.8 Å². The van der Waals surface area contributed by atoms with Crippen molar-refractivity contribution in [2.75, 3.05) is 27.4 Å². The molecule has 1 N–H and O–H groups in total. The molecule has 0 aromatic carbocycles. The maximum Gasteiger partial charge on any atom is 0.323 e. The van der Waals surface area contributed by atoms with Gasteiger partial charge >= 0.3 is 11.9 Å². The molecule has 0 saturated heterocycles. The summed E-state index contributed by atoms with van der Waals surface area (Å²) in [4.78, 5) is 43.2. The van der Waals surface area contributed by atoms with Crippen LogP contribution in [0.5, 0.6) is 0 Å². The number of hydrogen-bond acceptors (Lipinski definition) is 9. The SMILES string of the molecule is COC(=O)CC(NC(CCOC=O)COC=O)C(=O)OC. The van der Waals surface area contributed by atoms with Crippen LogP contribution in [0.2, 0.25) is 0 Å². The van der Waals surface area contributed by atoms with E-state index in [1.54, 1.807) is 0 Å². The molecular formula is C12H19NO8. The molecule has 21 heavy (non-hydrogen) atoms. The summed E-state index contributed by atoms with van der Waals surface area (Å²) >= 11 is 0. The molecule has 0 aliphatic heterocycles. The highest BCUT2D eigenvalue weighted by Crippen LogP contribution is 2.03. The van der Waals surface area contributed by atoms with E-state index in [1.165, 1.54) is 14.2 Å². The van der Waals surface area contributed by atoms with Crippen molar-refractivity contribution in [2.45, 2.75) is 24.9 Å². The van der Waals surface area contributed by atoms with Gasteiger partial charge in [-0.2, -0.15) is 0 Å². The Bertz CT molecular complexity index is 346. The molecule has 2 atom stereocenters. The second-order valence-corrected chi connectivity index (χ2v) is 3.90. The van der Waals surface area contributed by atoms with Gasteiger partial charge in [0.1, 0.15) is 12.6 Å². The Labute approximate surface area is 121 Å². The molecule has 2 unspecified atom stereocenters. The van der Waals surface area contributed by atoms with Crippen LogP contribution in [-0.4, -0.2) is 64.4 Å². The summed E-state index contributed by atoms with van der Waals surface area (Å²) in [5, 5.41) is 2.81. The number of nitrogens with one attached hydrogen (secondary N) is 1. The van der Waals surface area contributed by atoms with Crippen LogP contribution in [0.4, 0.5) is 0 Å². The minimum absolute atomic E-state index is 0.0552. The minimum Gasteiger partial charge on any atom is -0.469 e. The molecule has 0 aliphatic carbocycles. The summed E-state index contributed by atoms with van der Waals surface area (Å²) in [7, 11) is 2.38. The van der Waals surface area contributed by atoms with E-state index in [0.29, 0.717) is 0 Å². The predicted molar refractivity (Wildman–Crippen MR) is 68.0 cm³/mol. The number of rotatable bonds is 12. The van der Waals surface area contributed by atoms with E-state index in [2.05, 4.69) is 24.3 Å². The molecule has 0 spiro atoms. The lowest BCUT2D eigenvalue weighted by atomic mass is 10.1. The van der Waals surface area contributed by atoms with Crippen LogP contribution in [-0.2, 0) is 38.1 Å². The van der Waals surface area contributed by atoms with Crippen LogP contribution in [0.25, 0.3) is 0 Å². The van der Waals surface area contributed by atoms with Gasteiger partial charge in [0.05, 0.1) is 27.2 Å². The van der Waals surface area contributed by atoms with Gasteiger partial charge in [-0.15, -0.1) is 0 Å². The third-order valence-electron chi connectivity index (χ3n) is 2.54. The molecule has 0 aromatic heterocycles. The number of hydrogen-bond donors (Lipinski definition) is 1. The van der Waals surface area contributed by atoms with Crippen molar-refractivity contribution in [3.8, 4) is 0 Å². The Balaban J connectivity index is 4.65. The lowest BCUT2D eigenvalue weighted by Gasteiger charge is -2.22. The summed E-state index contributed by atoms with van der Waals surface area (Å²) in [6.45, 7) is 0.544. The predicted octanol–water partition coefficient (Wildman–Crippen LogP) is -1.21. The normalized spacial score (nSPS) is 12.7. The molecule has 0 bridgehead atoms. The molecule has 0 amide bonds. The van der Waals surface area contributed by atoms with Gasteiger partial charge in [0.2, 0.25) is 0 Å². The van der Waals surface area contributed by atoms with E-state index in [1.807, 2.05) is 0 Å². The molecule has 0 aromatic rings. The zero-order valence-electron chi connectivity index (χ0n) is 11.9. The van der Waals surface area contributed by atoms with Crippen LogP contribution < -0.4 is 5.32 Å². The van der Waals surface area contributed by atoms with Gasteiger partial charge in [-0.1, -0.05) is 0 Å². The Morgan fingerprint density at radius 2 is 1.76 bits per heavy atom. The van der Waals surface area contributed by atoms with Crippen LogP contribution >= 0.6 is 0 Å². The van der Waals surface area contributed by atoms with Crippen LogP contribution in [0, 0.1) is 0 Å². The lowest BCUT2D eigenvalue weighted by Crippen LogP contribution is -2.47. The number of esters is 2. The summed E-state index contributed by atoms with van der Waals surface area (Å²) in [5.74, 6) is -1.26. The lowest BCUT2D eigenvalue weighted by molar-refractivity contribution is -0.150. The Morgan fingerprint density at radius 3 is 2.29 bits per heavy atom.